The van der Waals surface area contributed by atoms with Crippen molar-refractivity contribution in [2.24, 2.45) is 5.92 Å². The Labute approximate surface area is 113 Å². The number of H-pyrrole nitrogens is 1. The molecule has 0 aliphatic heterocycles. The number of esters is 1. The van der Waals surface area contributed by atoms with E-state index in [2.05, 4.69) is 10.3 Å². The van der Waals surface area contributed by atoms with Crippen LogP contribution in [0.1, 0.15) is 45.1 Å². The zero-order valence-electron chi connectivity index (χ0n) is 12.1. The van der Waals surface area contributed by atoms with Gasteiger partial charge in [-0.3, -0.25) is 4.79 Å². The zero-order valence-corrected chi connectivity index (χ0v) is 12.1. The number of rotatable bonds is 4. The molecule has 19 heavy (non-hydrogen) atoms. The number of aromatic amines is 1. The summed E-state index contributed by atoms with van der Waals surface area (Å²) in [5.74, 6) is -0.772. The monoisotopic (exact) mass is 266 g/mol. The first-order valence-corrected chi connectivity index (χ1v) is 6.38. The van der Waals surface area contributed by atoms with Crippen molar-refractivity contribution >= 4 is 11.9 Å². The SMILES string of the molecule is CC(C)[C@H](NC(=O)c1ccc[nH]1)C(=O)OC(C)(C)C. The van der Waals surface area contributed by atoms with Crippen LogP contribution in [-0.4, -0.2) is 28.5 Å². The highest BCUT2D eigenvalue weighted by Gasteiger charge is 2.29. The van der Waals surface area contributed by atoms with Crippen molar-refractivity contribution in [1.29, 1.82) is 0 Å². The van der Waals surface area contributed by atoms with Gasteiger partial charge in [0.25, 0.3) is 5.91 Å². The van der Waals surface area contributed by atoms with E-state index >= 15 is 0 Å². The summed E-state index contributed by atoms with van der Waals surface area (Å²) in [5.41, 5.74) is -0.143. The molecular weight excluding hydrogens is 244 g/mol. The third-order valence-electron chi connectivity index (χ3n) is 2.46. The minimum atomic E-state index is -0.657. The first kappa shape index (κ1) is 15.3. The number of hydrogen-bond acceptors (Lipinski definition) is 3. The van der Waals surface area contributed by atoms with E-state index < -0.39 is 17.6 Å². The number of nitrogens with one attached hydrogen (secondary N) is 2. The molecule has 0 unspecified atom stereocenters. The number of aromatic nitrogens is 1. The molecule has 1 aromatic rings. The van der Waals surface area contributed by atoms with Crippen LogP contribution in [0.3, 0.4) is 0 Å². The van der Waals surface area contributed by atoms with Crippen LogP contribution in [0.4, 0.5) is 0 Å². The van der Waals surface area contributed by atoms with Crippen molar-refractivity contribution in [3.63, 3.8) is 0 Å². The van der Waals surface area contributed by atoms with E-state index in [1.54, 1.807) is 39.1 Å². The van der Waals surface area contributed by atoms with Crippen LogP contribution in [0.25, 0.3) is 0 Å². The fraction of sp³-hybridized carbons (Fsp3) is 0.571. The summed E-state index contributed by atoms with van der Waals surface area (Å²) in [5, 5.41) is 2.70. The Hall–Kier alpha value is -1.78. The van der Waals surface area contributed by atoms with E-state index in [1.165, 1.54) is 0 Å². The van der Waals surface area contributed by atoms with Gasteiger partial charge in [0.1, 0.15) is 17.3 Å². The minimum Gasteiger partial charge on any atom is -0.458 e. The lowest BCUT2D eigenvalue weighted by Crippen LogP contribution is -2.47. The number of amides is 1. The Bertz CT molecular complexity index is 430. The minimum absolute atomic E-state index is 0.0474. The smallest absolute Gasteiger partial charge is 0.329 e. The van der Waals surface area contributed by atoms with Crippen molar-refractivity contribution < 1.29 is 14.3 Å². The van der Waals surface area contributed by atoms with Crippen molar-refractivity contribution in [2.75, 3.05) is 0 Å². The molecule has 0 bridgehead atoms. The van der Waals surface area contributed by atoms with Gasteiger partial charge in [-0.05, 0) is 38.8 Å². The zero-order chi connectivity index (χ0) is 14.6. The number of carbonyl (C=O) groups excluding carboxylic acids is 2. The van der Waals surface area contributed by atoms with Gasteiger partial charge < -0.3 is 15.0 Å². The normalized spacial score (nSPS) is 13.2. The summed E-state index contributed by atoms with van der Waals surface area (Å²) < 4.78 is 5.32. The molecule has 1 rings (SSSR count). The van der Waals surface area contributed by atoms with E-state index in [0.717, 1.165) is 0 Å². The summed E-state index contributed by atoms with van der Waals surface area (Å²) in [6, 6.07) is 2.73. The molecule has 0 radical (unpaired) electrons. The van der Waals surface area contributed by atoms with Crippen LogP contribution in [0, 0.1) is 5.92 Å². The molecule has 5 nitrogen and oxygen atoms in total. The fourth-order valence-electron chi connectivity index (χ4n) is 1.55. The Morgan fingerprint density at radius 3 is 2.37 bits per heavy atom. The highest BCUT2D eigenvalue weighted by Crippen LogP contribution is 2.12. The van der Waals surface area contributed by atoms with Crippen molar-refractivity contribution in [2.45, 2.75) is 46.3 Å². The number of carbonyl (C=O) groups is 2. The second kappa shape index (κ2) is 5.91. The van der Waals surface area contributed by atoms with Crippen LogP contribution in [-0.2, 0) is 9.53 Å². The summed E-state index contributed by atoms with van der Waals surface area (Å²) >= 11 is 0. The van der Waals surface area contributed by atoms with Crippen molar-refractivity contribution in [3.8, 4) is 0 Å². The van der Waals surface area contributed by atoms with Gasteiger partial charge >= 0.3 is 5.97 Å². The Kier molecular flexibility index (Phi) is 4.75. The Morgan fingerprint density at radius 1 is 1.32 bits per heavy atom. The lowest BCUT2D eigenvalue weighted by molar-refractivity contribution is -0.158. The highest BCUT2D eigenvalue weighted by molar-refractivity contribution is 5.95. The van der Waals surface area contributed by atoms with Crippen LogP contribution in [0.5, 0.6) is 0 Å². The first-order valence-electron chi connectivity index (χ1n) is 6.38. The largest absolute Gasteiger partial charge is 0.458 e. The average molecular weight is 266 g/mol. The van der Waals surface area contributed by atoms with Gasteiger partial charge in [-0.1, -0.05) is 13.8 Å². The van der Waals surface area contributed by atoms with E-state index in [0.29, 0.717) is 5.69 Å². The van der Waals surface area contributed by atoms with Gasteiger partial charge in [-0.25, -0.2) is 4.79 Å². The number of hydrogen-bond donors (Lipinski definition) is 2. The molecule has 0 aromatic carbocycles. The fourth-order valence-corrected chi connectivity index (χ4v) is 1.55. The van der Waals surface area contributed by atoms with E-state index in [4.69, 9.17) is 4.74 Å². The number of ether oxygens (including phenoxy) is 1. The third-order valence-corrected chi connectivity index (χ3v) is 2.46. The maximum absolute atomic E-state index is 12.1. The average Bonchev–Trinajstić information content (AvgIpc) is 2.75. The van der Waals surface area contributed by atoms with E-state index in [1.807, 2.05) is 13.8 Å². The highest BCUT2D eigenvalue weighted by atomic mass is 16.6. The standard InChI is InChI=1S/C14H22N2O3/c1-9(2)11(13(18)19-14(3,4)5)16-12(17)10-7-6-8-15-10/h6-9,11,15H,1-5H3,(H,16,17)/t11-/m0/s1. The summed E-state index contributed by atoms with van der Waals surface area (Å²) in [6.45, 7) is 9.13. The molecule has 0 saturated carbocycles. The predicted octanol–water partition coefficient (Wildman–Crippen LogP) is 2.11. The van der Waals surface area contributed by atoms with Gasteiger partial charge in [0, 0.05) is 6.20 Å². The van der Waals surface area contributed by atoms with Crippen LogP contribution >= 0.6 is 0 Å². The predicted molar refractivity (Wildman–Crippen MR) is 72.7 cm³/mol. The Balaban J connectivity index is 2.73. The molecule has 106 valence electrons. The van der Waals surface area contributed by atoms with Crippen LogP contribution in [0.15, 0.2) is 18.3 Å². The molecule has 0 saturated heterocycles. The maximum Gasteiger partial charge on any atom is 0.329 e. The summed E-state index contributed by atoms with van der Waals surface area (Å²) in [7, 11) is 0. The molecule has 0 aliphatic carbocycles. The van der Waals surface area contributed by atoms with Gasteiger partial charge in [0.15, 0.2) is 0 Å². The quantitative estimate of drug-likeness (QED) is 0.820. The lowest BCUT2D eigenvalue weighted by atomic mass is 10.0. The third kappa shape index (κ3) is 4.77. The van der Waals surface area contributed by atoms with Gasteiger partial charge in [-0.15, -0.1) is 0 Å². The molecule has 0 aliphatic rings. The summed E-state index contributed by atoms with van der Waals surface area (Å²) in [6.07, 6.45) is 1.66. The lowest BCUT2D eigenvalue weighted by Gasteiger charge is -2.26. The molecule has 1 atom stereocenters. The van der Waals surface area contributed by atoms with Crippen LogP contribution in [0.2, 0.25) is 0 Å². The van der Waals surface area contributed by atoms with Crippen LogP contribution < -0.4 is 5.32 Å². The van der Waals surface area contributed by atoms with E-state index in [-0.39, 0.29) is 11.8 Å². The van der Waals surface area contributed by atoms with E-state index in [9.17, 15) is 9.59 Å². The molecule has 1 heterocycles. The molecule has 1 aromatic heterocycles. The molecule has 0 fully saturated rings. The first-order chi connectivity index (χ1) is 8.70. The van der Waals surface area contributed by atoms with Crippen molar-refractivity contribution in [3.05, 3.63) is 24.0 Å². The maximum atomic E-state index is 12.1. The van der Waals surface area contributed by atoms with Gasteiger partial charge in [0.2, 0.25) is 0 Å². The van der Waals surface area contributed by atoms with Crippen molar-refractivity contribution in [1.82, 2.24) is 10.3 Å². The van der Waals surface area contributed by atoms with Gasteiger partial charge in [0.05, 0.1) is 0 Å². The molecule has 2 N–H and O–H groups in total. The second-order valence-corrected chi connectivity index (χ2v) is 5.81. The Morgan fingerprint density at radius 2 is 1.95 bits per heavy atom. The molecule has 0 spiro atoms. The molecule has 5 heteroatoms. The summed E-state index contributed by atoms with van der Waals surface area (Å²) in [4.78, 5) is 26.8. The molecule has 1 amide bonds. The van der Waals surface area contributed by atoms with Gasteiger partial charge in [-0.2, -0.15) is 0 Å². The topological polar surface area (TPSA) is 71.2 Å². The second-order valence-electron chi connectivity index (χ2n) is 5.81. The molecular formula is C14H22N2O3.